The van der Waals surface area contributed by atoms with Gasteiger partial charge in [0.05, 0.1) is 30.3 Å². The minimum atomic E-state index is -1.57. The number of aliphatic hydroxyl groups is 1. The topological polar surface area (TPSA) is 95.5 Å². The van der Waals surface area contributed by atoms with Crippen molar-refractivity contribution in [1.82, 2.24) is 14.9 Å². The molecular formula is C25H23F2N3O4. The number of amides is 1. The van der Waals surface area contributed by atoms with E-state index in [-0.39, 0.29) is 35.8 Å². The average molecular weight is 467 g/mol. The van der Waals surface area contributed by atoms with Crippen LogP contribution in [0.5, 0.6) is 5.75 Å². The molecule has 1 fully saturated rings. The molecule has 0 bridgehead atoms. The Balaban J connectivity index is 1.38. The molecule has 1 aliphatic heterocycles. The number of halogens is 2. The second-order valence-corrected chi connectivity index (χ2v) is 8.74. The second kappa shape index (κ2) is 8.32. The smallest absolute Gasteiger partial charge is 0.256 e. The summed E-state index contributed by atoms with van der Waals surface area (Å²) in [6.45, 7) is 0.261. The first-order valence-corrected chi connectivity index (χ1v) is 11.0. The largest absolute Gasteiger partial charge is 0.494 e. The minimum absolute atomic E-state index is 0.00394. The number of aliphatic hydroxyl groups excluding tert-OH is 1. The summed E-state index contributed by atoms with van der Waals surface area (Å²) in [7, 11) is 1.33. The first-order valence-electron chi connectivity index (χ1n) is 11.0. The Kier molecular flexibility index (Phi) is 5.44. The van der Waals surface area contributed by atoms with Crippen LogP contribution in [0.15, 0.2) is 47.3 Å². The third-order valence-electron chi connectivity index (χ3n) is 6.71. The number of nitrogens with zero attached hydrogens (tertiary/aromatic N) is 2. The number of carbonyl (C=O) groups excluding carboxylic acids is 1. The molecule has 1 atom stereocenters. The van der Waals surface area contributed by atoms with Crippen molar-refractivity contribution in [3.63, 3.8) is 0 Å². The van der Waals surface area contributed by atoms with E-state index in [1.165, 1.54) is 36.3 Å². The molecular weight excluding hydrogens is 444 g/mol. The Hall–Kier alpha value is -3.59. The van der Waals surface area contributed by atoms with E-state index in [1.807, 2.05) is 0 Å². The lowest BCUT2D eigenvalue weighted by Gasteiger charge is -2.30. The molecule has 1 amide bonds. The summed E-state index contributed by atoms with van der Waals surface area (Å²) in [4.78, 5) is 34.8. The van der Waals surface area contributed by atoms with Gasteiger partial charge in [0.1, 0.15) is 11.6 Å². The minimum Gasteiger partial charge on any atom is -0.494 e. The fourth-order valence-electron chi connectivity index (χ4n) is 4.56. The molecule has 1 unspecified atom stereocenters. The summed E-state index contributed by atoms with van der Waals surface area (Å²) in [6, 6.07) is 10.1. The number of benzene rings is 2. The van der Waals surface area contributed by atoms with E-state index in [4.69, 9.17) is 9.72 Å². The van der Waals surface area contributed by atoms with Crippen molar-refractivity contribution in [2.45, 2.75) is 37.3 Å². The van der Waals surface area contributed by atoms with Crippen molar-refractivity contribution < 1.29 is 23.4 Å². The van der Waals surface area contributed by atoms with Gasteiger partial charge in [-0.05, 0) is 48.2 Å². The van der Waals surface area contributed by atoms with Gasteiger partial charge in [0.2, 0.25) is 0 Å². The summed E-state index contributed by atoms with van der Waals surface area (Å²) in [5, 5.41) is 10.5. The second-order valence-electron chi connectivity index (χ2n) is 8.74. The van der Waals surface area contributed by atoms with E-state index in [0.29, 0.717) is 23.5 Å². The highest BCUT2D eigenvalue weighted by molar-refractivity contribution is 5.82. The summed E-state index contributed by atoms with van der Waals surface area (Å²) in [6.07, 6.45) is 0.383. The van der Waals surface area contributed by atoms with E-state index < -0.39 is 23.2 Å². The number of methoxy groups -OCH3 is 1. The lowest BCUT2D eigenvalue weighted by molar-refractivity contribution is -0.141. The Labute approximate surface area is 194 Å². The number of aromatic nitrogens is 2. The molecule has 1 aromatic heterocycles. The SMILES string of the molecule is COc1ccc(C(O)C(=O)N2CCc3nc(C4(c5ccc(F)cc5)CC4)[nH]c(=O)c3C2)cc1F. The Morgan fingerprint density at radius 2 is 1.94 bits per heavy atom. The number of hydrogen-bond acceptors (Lipinski definition) is 5. The number of rotatable bonds is 5. The fraction of sp³-hybridized carbons (Fsp3) is 0.320. The number of hydrogen-bond donors (Lipinski definition) is 2. The lowest BCUT2D eigenvalue weighted by atomic mass is 9.94. The van der Waals surface area contributed by atoms with Crippen LogP contribution in [0.1, 0.15) is 47.2 Å². The Morgan fingerprint density at radius 1 is 1.21 bits per heavy atom. The molecule has 0 saturated heterocycles. The van der Waals surface area contributed by atoms with E-state index in [2.05, 4.69) is 4.98 Å². The maximum atomic E-state index is 14.0. The maximum absolute atomic E-state index is 14.0. The zero-order chi connectivity index (χ0) is 24.0. The van der Waals surface area contributed by atoms with Crippen molar-refractivity contribution in [2.24, 2.45) is 0 Å². The van der Waals surface area contributed by atoms with E-state index in [9.17, 15) is 23.5 Å². The van der Waals surface area contributed by atoms with E-state index >= 15 is 0 Å². The lowest BCUT2D eigenvalue weighted by Crippen LogP contribution is -2.42. The number of carbonyl (C=O) groups is 1. The molecule has 2 heterocycles. The summed E-state index contributed by atoms with van der Waals surface area (Å²) in [5.41, 5.74) is 1.22. The normalized spacial score (nSPS) is 17.1. The third kappa shape index (κ3) is 3.75. The molecule has 1 aliphatic carbocycles. The van der Waals surface area contributed by atoms with Gasteiger partial charge in [-0.3, -0.25) is 9.59 Å². The summed E-state index contributed by atoms with van der Waals surface area (Å²) >= 11 is 0. The number of fused-ring (bicyclic) bond motifs is 1. The Bertz CT molecular complexity index is 1320. The van der Waals surface area contributed by atoms with Crippen LogP contribution in [-0.2, 0) is 23.2 Å². The van der Waals surface area contributed by atoms with Crippen LogP contribution in [0.3, 0.4) is 0 Å². The molecule has 2 aliphatic rings. The molecule has 2 aromatic carbocycles. The molecule has 7 nitrogen and oxygen atoms in total. The van der Waals surface area contributed by atoms with Crippen LogP contribution in [0.2, 0.25) is 0 Å². The number of ether oxygens (including phenoxy) is 1. The van der Waals surface area contributed by atoms with Crippen LogP contribution in [-0.4, -0.2) is 39.5 Å². The van der Waals surface area contributed by atoms with Crippen molar-refractivity contribution in [3.8, 4) is 5.75 Å². The van der Waals surface area contributed by atoms with Crippen LogP contribution < -0.4 is 10.3 Å². The highest BCUT2D eigenvalue weighted by Gasteiger charge is 2.48. The molecule has 1 saturated carbocycles. The zero-order valence-electron chi connectivity index (χ0n) is 18.5. The fourth-order valence-corrected chi connectivity index (χ4v) is 4.56. The molecule has 2 N–H and O–H groups in total. The van der Waals surface area contributed by atoms with Crippen LogP contribution in [0, 0.1) is 11.6 Å². The van der Waals surface area contributed by atoms with Gasteiger partial charge < -0.3 is 19.7 Å². The van der Waals surface area contributed by atoms with Crippen LogP contribution in [0.4, 0.5) is 8.78 Å². The molecule has 0 spiro atoms. The van der Waals surface area contributed by atoms with Gasteiger partial charge in [-0.1, -0.05) is 18.2 Å². The maximum Gasteiger partial charge on any atom is 0.256 e. The summed E-state index contributed by atoms with van der Waals surface area (Å²) < 4.78 is 32.2. The number of H-pyrrole nitrogens is 1. The van der Waals surface area contributed by atoms with Crippen LogP contribution in [0.25, 0.3) is 0 Å². The van der Waals surface area contributed by atoms with Gasteiger partial charge in [0.25, 0.3) is 11.5 Å². The molecule has 5 rings (SSSR count). The molecule has 176 valence electrons. The molecule has 9 heteroatoms. The van der Waals surface area contributed by atoms with Gasteiger partial charge in [-0.2, -0.15) is 0 Å². The molecule has 0 radical (unpaired) electrons. The number of nitrogens with one attached hydrogen (secondary N) is 1. The highest BCUT2D eigenvalue weighted by atomic mass is 19.1. The van der Waals surface area contributed by atoms with Crippen molar-refractivity contribution in [2.75, 3.05) is 13.7 Å². The average Bonchev–Trinajstić information content (AvgIpc) is 3.65. The standard InChI is InChI=1S/C25H23F2N3O4/c1-34-20-7-2-14(12-18(20)27)21(31)23(33)30-11-8-19-17(13-30)22(32)29-24(28-19)25(9-10-25)15-3-5-16(26)6-4-15/h2-7,12,21,31H,8-11,13H2,1H3,(H,28,29,32). The van der Waals surface area contributed by atoms with Gasteiger partial charge in [-0.15, -0.1) is 0 Å². The predicted octanol–water partition coefficient (Wildman–Crippen LogP) is 2.75. The van der Waals surface area contributed by atoms with Crippen molar-refractivity contribution in [3.05, 3.63) is 92.7 Å². The van der Waals surface area contributed by atoms with Gasteiger partial charge in [-0.25, -0.2) is 13.8 Å². The summed E-state index contributed by atoms with van der Waals surface area (Å²) in [5.74, 6) is -1.06. The first-order chi connectivity index (χ1) is 16.3. The van der Waals surface area contributed by atoms with Crippen molar-refractivity contribution >= 4 is 5.91 Å². The predicted molar refractivity (Wildman–Crippen MR) is 118 cm³/mol. The highest BCUT2D eigenvalue weighted by Crippen LogP contribution is 2.52. The molecule has 34 heavy (non-hydrogen) atoms. The van der Waals surface area contributed by atoms with Crippen molar-refractivity contribution in [1.29, 1.82) is 0 Å². The zero-order valence-corrected chi connectivity index (χ0v) is 18.5. The third-order valence-corrected chi connectivity index (χ3v) is 6.71. The number of aromatic amines is 1. The molecule has 3 aromatic rings. The monoisotopic (exact) mass is 467 g/mol. The quantitative estimate of drug-likeness (QED) is 0.602. The van der Waals surface area contributed by atoms with Crippen LogP contribution >= 0.6 is 0 Å². The van der Waals surface area contributed by atoms with E-state index in [1.54, 1.807) is 12.1 Å². The first kappa shape index (κ1) is 22.2. The van der Waals surface area contributed by atoms with E-state index in [0.717, 1.165) is 24.5 Å². The van der Waals surface area contributed by atoms with Gasteiger partial charge >= 0.3 is 0 Å². The van der Waals surface area contributed by atoms with Gasteiger partial charge in [0, 0.05) is 13.0 Å². The Morgan fingerprint density at radius 3 is 2.59 bits per heavy atom. The van der Waals surface area contributed by atoms with Gasteiger partial charge in [0.15, 0.2) is 17.7 Å².